The van der Waals surface area contributed by atoms with E-state index in [1.807, 2.05) is 18.2 Å². The van der Waals surface area contributed by atoms with Crippen molar-refractivity contribution in [2.45, 2.75) is 16.3 Å². The number of thioether (sulfide) groups is 1. The van der Waals surface area contributed by atoms with Crippen molar-refractivity contribution in [1.29, 1.82) is 5.26 Å². The molecular formula is C21H13F3N6OS2. The molecular weight excluding hydrogens is 473 g/mol. The average Bonchev–Trinajstić information content (AvgIpc) is 3.46. The molecule has 0 fully saturated rings. The number of nitrogens with one attached hydrogen (secondary N) is 1. The number of hydrogen-bond acceptors (Lipinski definition) is 7. The number of hydrogen-bond donors (Lipinski definition) is 1. The van der Waals surface area contributed by atoms with Gasteiger partial charge >= 0.3 is 6.18 Å². The largest absolute Gasteiger partial charge is 0.434 e. The van der Waals surface area contributed by atoms with Crippen molar-refractivity contribution in [2.75, 3.05) is 5.32 Å². The van der Waals surface area contributed by atoms with Gasteiger partial charge in [-0.15, -0.1) is 10.2 Å². The van der Waals surface area contributed by atoms with Crippen LogP contribution in [0.1, 0.15) is 27.2 Å². The summed E-state index contributed by atoms with van der Waals surface area (Å²) in [6.07, 6.45) is -3.92. The molecule has 0 bridgehead atoms. The molecule has 2 aromatic carbocycles. The first-order valence-electron chi connectivity index (χ1n) is 9.32. The lowest BCUT2D eigenvalue weighted by atomic mass is 10.2. The molecule has 0 saturated carbocycles. The highest BCUT2D eigenvalue weighted by Gasteiger charge is 2.40. The van der Waals surface area contributed by atoms with E-state index in [1.54, 1.807) is 30.3 Å². The minimum Gasteiger partial charge on any atom is -0.296 e. The van der Waals surface area contributed by atoms with E-state index in [1.165, 1.54) is 23.9 Å². The van der Waals surface area contributed by atoms with E-state index in [0.717, 1.165) is 23.1 Å². The number of alkyl halides is 3. The highest BCUT2D eigenvalue weighted by atomic mass is 32.2. The molecule has 0 saturated heterocycles. The summed E-state index contributed by atoms with van der Waals surface area (Å²) in [5, 5.41) is 22.9. The van der Waals surface area contributed by atoms with Gasteiger partial charge in [0.1, 0.15) is 0 Å². The minimum atomic E-state index is -4.80. The van der Waals surface area contributed by atoms with E-state index in [-0.39, 0.29) is 10.8 Å². The minimum absolute atomic E-state index is 0.0721. The lowest BCUT2D eigenvalue weighted by Crippen LogP contribution is -2.20. The number of amides is 1. The van der Waals surface area contributed by atoms with Crippen molar-refractivity contribution in [3.05, 3.63) is 83.2 Å². The van der Waals surface area contributed by atoms with Gasteiger partial charge in [-0.25, -0.2) is 4.68 Å². The highest BCUT2D eigenvalue weighted by Crippen LogP contribution is 2.34. The molecule has 7 nitrogen and oxygen atoms in total. The molecule has 0 aliphatic rings. The fourth-order valence-corrected chi connectivity index (χ4v) is 4.56. The first-order chi connectivity index (χ1) is 15.8. The number of para-hydroxylation sites is 1. The smallest absolute Gasteiger partial charge is 0.296 e. The maximum atomic E-state index is 13.8. The third kappa shape index (κ3) is 5.21. The highest BCUT2D eigenvalue weighted by molar-refractivity contribution is 8.00. The maximum absolute atomic E-state index is 13.8. The predicted octanol–water partition coefficient (Wildman–Crippen LogP) is 5.16. The fourth-order valence-electron chi connectivity index (χ4n) is 2.86. The van der Waals surface area contributed by atoms with Crippen molar-refractivity contribution < 1.29 is 18.0 Å². The number of nitrogens with zero attached hydrogens (tertiary/aromatic N) is 5. The number of anilines is 1. The van der Waals surface area contributed by atoms with Gasteiger partial charge in [0.2, 0.25) is 5.13 Å². The van der Waals surface area contributed by atoms with Crippen LogP contribution in [0.5, 0.6) is 0 Å². The van der Waals surface area contributed by atoms with Crippen LogP contribution in [0.15, 0.2) is 65.1 Å². The third-order valence-electron chi connectivity index (χ3n) is 4.36. The summed E-state index contributed by atoms with van der Waals surface area (Å²) in [6, 6.07) is 16.8. The number of rotatable bonds is 6. The molecule has 0 atom stereocenters. The van der Waals surface area contributed by atoms with Gasteiger partial charge in [0.05, 0.1) is 29.1 Å². The molecule has 4 aromatic rings. The van der Waals surface area contributed by atoms with E-state index in [0.29, 0.717) is 20.3 Å². The Bertz CT molecular complexity index is 1310. The van der Waals surface area contributed by atoms with Crippen molar-refractivity contribution >= 4 is 34.1 Å². The first-order valence-corrected chi connectivity index (χ1v) is 11.1. The topological polar surface area (TPSA) is 96.5 Å². The Kier molecular flexibility index (Phi) is 6.43. The number of carbonyl (C=O) groups is 1. The van der Waals surface area contributed by atoms with Crippen molar-refractivity contribution in [1.82, 2.24) is 20.0 Å². The van der Waals surface area contributed by atoms with Crippen LogP contribution in [-0.4, -0.2) is 25.9 Å². The molecule has 2 heterocycles. The van der Waals surface area contributed by atoms with Gasteiger partial charge < -0.3 is 0 Å². The van der Waals surface area contributed by atoms with Crippen LogP contribution in [0.3, 0.4) is 0 Å². The second-order valence-corrected chi connectivity index (χ2v) is 8.78. The number of carbonyl (C=O) groups excluding carboxylic acids is 1. The van der Waals surface area contributed by atoms with Crippen LogP contribution in [-0.2, 0) is 11.9 Å². The summed E-state index contributed by atoms with van der Waals surface area (Å²) in [4.78, 5) is 12.6. The number of nitriles is 1. The molecule has 12 heteroatoms. The summed E-state index contributed by atoms with van der Waals surface area (Å²) < 4.78 is 42.5. The van der Waals surface area contributed by atoms with E-state index in [2.05, 4.69) is 20.6 Å². The third-order valence-corrected chi connectivity index (χ3v) is 6.40. The molecule has 4 rings (SSSR count). The molecule has 33 heavy (non-hydrogen) atoms. The first kappa shape index (κ1) is 22.5. The van der Waals surface area contributed by atoms with Crippen molar-refractivity contribution in [3.8, 4) is 11.8 Å². The van der Waals surface area contributed by atoms with Crippen LogP contribution < -0.4 is 5.32 Å². The Morgan fingerprint density at radius 2 is 1.85 bits per heavy atom. The summed E-state index contributed by atoms with van der Waals surface area (Å²) in [5.41, 5.74) is -0.0952. The molecule has 0 unspecified atom stereocenters. The lowest BCUT2D eigenvalue weighted by Gasteiger charge is -2.12. The van der Waals surface area contributed by atoms with E-state index < -0.39 is 23.3 Å². The molecule has 1 N–H and O–H groups in total. The molecule has 0 aliphatic carbocycles. The number of halogens is 3. The number of aromatic nitrogens is 4. The average molecular weight is 487 g/mol. The second kappa shape index (κ2) is 9.43. The molecule has 2 aromatic heterocycles. The molecule has 1 amide bonds. The Balaban J connectivity index is 1.48. The molecule has 0 aliphatic heterocycles. The lowest BCUT2D eigenvalue weighted by molar-refractivity contribution is -0.143. The Hall–Kier alpha value is -3.69. The fraction of sp³-hybridized carbons (Fsp3) is 0.0952. The summed E-state index contributed by atoms with van der Waals surface area (Å²) >= 11 is 2.40. The molecule has 0 radical (unpaired) electrons. The van der Waals surface area contributed by atoms with Crippen LogP contribution in [0.4, 0.5) is 18.3 Å². The SMILES string of the molecule is N#Cc1ccc(CSc2nnc(NC(=O)c3cnn(-c4ccccc4)c3C(F)(F)F)s2)cc1. The summed E-state index contributed by atoms with van der Waals surface area (Å²) in [6.45, 7) is 0. The quantitative estimate of drug-likeness (QED) is 0.299. The Morgan fingerprint density at radius 1 is 1.12 bits per heavy atom. The zero-order chi connectivity index (χ0) is 23.4. The van der Waals surface area contributed by atoms with Crippen LogP contribution >= 0.6 is 23.1 Å². The van der Waals surface area contributed by atoms with Gasteiger partial charge in [0.25, 0.3) is 5.91 Å². The van der Waals surface area contributed by atoms with Gasteiger partial charge in [-0.05, 0) is 29.8 Å². The van der Waals surface area contributed by atoms with Crippen LogP contribution in [0, 0.1) is 11.3 Å². The van der Waals surface area contributed by atoms with E-state index in [9.17, 15) is 18.0 Å². The van der Waals surface area contributed by atoms with Crippen LogP contribution in [0.2, 0.25) is 0 Å². The maximum Gasteiger partial charge on any atom is 0.434 e. The van der Waals surface area contributed by atoms with E-state index >= 15 is 0 Å². The normalized spacial score (nSPS) is 11.2. The van der Waals surface area contributed by atoms with E-state index in [4.69, 9.17) is 5.26 Å². The Morgan fingerprint density at radius 3 is 2.52 bits per heavy atom. The van der Waals surface area contributed by atoms with Crippen molar-refractivity contribution in [2.24, 2.45) is 0 Å². The molecule has 166 valence electrons. The second-order valence-electron chi connectivity index (χ2n) is 6.58. The zero-order valence-corrected chi connectivity index (χ0v) is 18.2. The van der Waals surface area contributed by atoms with Gasteiger partial charge in [-0.3, -0.25) is 10.1 Å². The Labute approximate surface area is 193 Å². The van der Waals surface area contributed by atoms with Crippen molar-refractivity contribution in [3.63, 3.8) is 0 Å². The zero-order valence-electron chi connectivity index (χ0n) is 16.6. The van der Waals surface area contributed by atoms with Gasteiger partial charge in [-0.2, -0.15) is 23.5 Å². The van der Waals surface area contributed by atoms with Gasteiger partial charge in [0, 0.05) is 5.75 Å². The summed E-state index contributed by atoms with van der Waals surface area (Å²) in [7, 11) is 0. The predicted molar refractivity (Wildman–Crippen MR) is 117 cm³/mol. The monoisotopic (exact) mass is 486 g/mol. The van der Waals surface area contributed by atoms with Crippen LogP contribution in [0.25, 0.3) is 5.69 Å². The summed E-state index contributed by atoms with van der Waals surface area (Å²) in [5.74, 6) is -0.430. The van der Waals surface area contributed by atoms with Gasteiger partial charge in [-0.1, -0.05) is 53.4 Å². The van der Waals surface area contributed by atoms with Gasteiger partial charge in [0.15, 0.2) is 10.0 Å². The molecule has 0 spiro atoms. The number of benzene rings is 2. The standard InChI is InChI=1S/C21H13F3N6OS2/c22-21(23,24)17-16(11-26-30(17)15-4-2-1-3-5-15)18(31)27-19-28-29-20(33-19)32-12-14-8-6-13(10-25)7-9-14/h1-9,11H,12H2,(H,27,28,31).